The Morgan fingerprint density at radius 3 is 2.86 bits per heavy atom. The Morgan fingerprint density at radius 1 is 1.18 bits per heavy atom. The van der Waals surface area contributed by atoms with Crippen LogP contribution in [0.3, 0.4) is 0 Å². The van der Waals surface area contributed by atoms with Gasteiger partial charge >= 0.3 is 0 Å². The number of hydrogen-bond acceptors (Lipinski definition) is 3. The lowest BCUT2D eigenvalue weighted by Gasteiger charge is -2.11. The molecule has 0 saturated heterocycles. The number of nitrogens with zero attached hydrogens (tertiary/aromatic N) is 2. The van der Waals surface area contributed by atoms with Crippen LogP contribution < -0.4 is 5.32 Å². The zero-order valence-electron chi connectivity index (χ0n) is 15.5. The van der Waals surface area contributed by atoms with Crippen molar-refractivity contribution >= 4 is 39.1 Å². The van der Waals surface area contributed by atoms with Gasteiger partial charge in [0.25, 0.3) is 5.91 Å². The van der Waals surface area contributed by atoms with E-state index in [1.807, 2.05) is 48.5 Å². The van der Waals surface area contributed by atoms with E-state index in [1.54, 1.807) is 17.5 Å². The van der Waals surface area contributed by atoms with Gasteiger partial charge in [-0.15, -0.1) is 11.3 Å². The molecule has 0 atom stereocenters. The van der Waals surface area contributed by atoms with Crippen molar-refractivity contribution in [1.29, 1.82) is 0 Å². The molecule has 142 valence electrons. The fraction of sp³-hybridized carbons (Fsp3) is 0.182. The van der Waals surface area contributed by atoms with Gasteiger partial charge in [0, 0.05) is 41.3 Å². The first-order chi connectivity index (χ1) is 13.6. The van der Waals surface area contributed by atoms with Gasteiger partial charge in [0.1, 0.15) is 5.69 Å². The number of halogens is 1. The fourth-order valence-corrected chi connectivity index (χ4v) is 4.46. The highest BCUT2D eigenvalue weighted by Gasteiger charge is 2.17. The third-order valence-electron chi connectivity index (χ3n) is 4.57. The van der Waals surface area contributed by atoms with Gasteiger partial charge in [0.05, 0.1) is 10.2 Å². The molecule has 0 aliphatic rings. The van der Waals surface area contributed by atoms with Gasteiger partial charge in [-0.1, -0.05) is 29.8 Å². The molecule has 1 N–H and O–H groups in total. The summed E-state index contributed by atoms with van der Waals surface area (Å²) in [4.78, 5) is 18.4. The molecule has 28 heavy (non-hydrogen) atoms. The summed E-state index contributed by atoms with van der Waals surface area (Å²) < 4.78 is 3.19. The summed E-state index contributed by atoms with van der Waals surface area (Å²) in [5, 5.41) is 3.73. The number of rotatable bonds is 6. The largest absolute Gasteiger partial charge is 0.350 e. The molecule has 4 nitrogen and oxygen atoms in total. The number of amides is 1. The van der Waals surface area contributed by atoms with Crippen molar-refractivity contribution in [2.24, 2.45) is 0 Å². The number of thiophene rings is 1. The second-order valence-corrected chi connectivity index (χ2v) is 8.40. The normalized spacial score (nSPS) is 11.1. The number of pyridine rings is 1. The van der Waals surface area contributed by atoms with Crippen LogP contribution in [0, 0.1) is 6.92 Å². The molecule has 0 radical (unpaired) electrons. The molecule has 3 aromatic heterocycles. The van der Waals surface area contributed by atoms with Crippen LogP contribution >= 0.6 is 22.9 Å². The smallest absolute Gasteiger partial charge is 0.267 e. The van der Waals surface area contributed by atoms with E-state index in [-0.39, 0.29) is 5.91 Å². The Balaban J connectivity index is 1.57. The molecule has 0 saturated carbocycles. The molecule has 1 aromatic carbocycles. The van der Waals surface area contributed by atoms with E-state index in [0.717, 1.165) is 21.5 Å². The highest BCUT2D eigenvalue weighted by atomic mass is 35.5. The summed E-state index contributed by atoms with van der Waals surface area (Å²) in [6, 6.07) is 17.7. The minimum Gasteiger partial charge on any atom is -0.350 e. The number of carbonyl (C=O) groups is 1. The van der Waals surface area contributed by atoms with Crippen LogP contribution in [0.15, 0.2) is 60.8 Å². The van der Waals surface area contributed by atoms with Crippen LogP contribution in [0.1, 0.15) is 26.6 Å². The number of benzene rings is 1. The Kier molecular flexibility index (Phi) is 5.46. The van der Waals surface area contributed by atoms with Gasteiger partial charge in [-0.3, -0.25) is 9.78 Å². The molecule has 0 fully saturated rings. The number of carbonyl (C=O) groups excluding carboxylic acids is 1. The average Bonchev–Trinajstić information content (AvgIpc) is 3.20. The van der Waals surface area contributed by atoms with Crippen molar-refractivity contribution in [3.63, 3.8) is 0 Å². The zero-order valence-corrected chi connectivity index (χ0v) is 17.1. The average molecular weight is 410 g/mol. The van der Waals surface area contributed by atoms with Crippen LogP contribution in [0.4, 0.5) is 0 Å². The molecule has 4 aromatic rings. The molecule has 0 aliphatic carbocycles. The third-order valence-corrected chi connectivity index (χ3v) is 5.79. The second-order valence-electron chi connectivity index (χ2n) is 6.68. The van der Waals surface area contributed by atoms with Gasteiger partial charge in [-0.25, -0.2) is 0 Å². The standard InChI is InChI=1S/C22H20ClN3OS/c1-15-11-19-21(28-15)13-20(26(19)14-16-5-4-6-17(23)12-16)22(27)25-10-8-18-7-2-3-9-24-18/h2-7,9,11-13H,8,10,14H2,1H3,(H,25,27). The second kappa shape index (κ2) is 8.17. The maximum Gasteiger partial charge on any atom is 0.267 e. The van der Waals surface area contributed by atoms with E-state index in [0.29, 0.717) is 30.2 Å². The van der Waals surface area contributed by atoms with E-state index in [2.05, 4.69) is 27.9 Å². The monoisotopic (exact) mass is 409 g/mol. The van der Waals surface area contributed by atoms with Crippen LogP contribution in [-0.4, -0.2) is 22.0 Å². The summed E-state index contributed by atoms with van der Waals surface area (Å²) in [7, 11) is 0. The molecule has 1 amide bonds. The van der Waals surface area contributed by atoms with Crippen molar-refractivity contribution in [3.05, 3.63) is 87.6 Å². The minimum atomic E-state index is -0.0704. The third kappa shape index (κ3) is 4.11. The molecule has 0 spiro atoms. The highest BCUT2D eigenvalue weighted by Crippen LogP contribution is 2.29. The minimum absolute atomic E-state index is 0.0704. The molecule has 3 heterocycles. The molecule has 0 unspecified atom stereocenters. The number of hydrogen-bond donors (Lipinski definition) is 1. The van der Waals surface area contributed by atoms with Crippen LogP contribution in [-0.2, 0) is 13.0 Å². The van der Waals surface area contributed by atoms with Crippen molar-refractivity contribution < 1.29 is 4.79 Å². The van der Waals surface area contributed by atoms with Crippen molar-refractivity contribution in [2.75, 3.05) is 6.54 Å². The predicted octanol–water partition coefficient (Wildman–Crippen LogP) is 5.08. The van der Waals surface area contributed by atoms with Crippen LogP contribution in [0.2, 0.25) is 5.02 Å². The summed E-state index contributed by atoms with van der Waals surface area (Å²) >= 11 is 7.85. The van der Waals surface area contributed by atoms with E-state index >= 15 is 0 Å². The van der Waals surface area contributed by atoms with E-state index in [4.69, 9.17) is 11.6 Å². The maximum absolute atomic E-state index is 12.9. The molecular formula is C22H20ClN3OS. The van der Waals surface area contributed by atoms with E-state index in [1.165, 1.54) is 4.88 Å². The lowest BCUT2D eigenvalue weighted by atomic mass is 10.2. The molecule has 4 rings (SSSR count). The Hall–Kier alpha value is -2.63. The predicted molar refractivity (Wildman–Crippen MR) is 115 cm³/mol. The van der Waals surface area contributed by atoms with Gasteiger partial charge in [0.2, 0.25) is 0 Å². The van der Waals surface area contributed by atoms with Crippen molar-refractivity contribution in [3.8, 4) is 0 Å². The SMILES string of the molecule is Cc1cc2c(cc(C(=O)NCCc3ccccn3)n2Cc2cccc(Cl)c2)s1. The van der Waals surface area contributed by atoms with Gasteiger partial charge in [-0.2, -0.15) is 0 Å². The topological polar surface area (TPSA) is 46.9 Å². The first-order valence-corrected chi connectivity index (χ1v) is 10.3. The zero-order chi connectivity index (χ0) is 19.5. The lowest BCUT2D eigenvalue weighted by molar-refractivity contribution is 0.0945. The Bertz CT molecular complexity index is 1120. The summed E-state index contributed by atoms with van der Waals surface area (Å²) in [5.74, 6) is -0.0704. The summed E-state index contributed by atoms with van der Waals surface area (Å²) in [6.45, 7) is 3.23. The van der Waals surface area contributed by atoms with Crippen molar-refractivity contribution in [2.45, 2.75) is 19.9 Å². The Morgan fingerprint density at radius 2 is 2.07 bits per heavy atom. The number of aryl methyl sites for hydroxylation is 1. The first kappa shape index (κ1) is 18.7. The van der Waals surface area contributed by atoms with E-state index < -0.39 is 0 Å². The first-order valence-electron chi connectivity index (χ1n) is 9.12. The van der Waals surface area contributed by atoms with Crippen molar-refractivity contribution in [1.82, 2.24) is 14.9 Å². The van der Waals surface area contributed by atoms with Gasteiger partial charge in [-0.05, 0) is 48.9 Å². The number of nitrogens with one attached hydrogen (secondary N) is 1. The number of aromatic nitrogens is 2. The van der Waals surface area contributed by atoms with Crippen LogP contribution in [0.5, 0.6) is 0 Å². The summed E-state index contributed by atoms with van der Waals surface area (Å²) in [5.41, 5.74) is 3.78. The Labute approximate surface area is 172 Å². The molecule has 0 aliphatic heterocycles. The van der Waals surface area contributed by atoms with Gasteiger partial charge < -0.3 is 9.88 Å². The molecule has 0 bridgehead atoms. The molecular weight excluding hydrogens is 390 g/mol. The lowest BCUT2D eigenvalue weighted by Crippen LogP contribution is -2.28. The van der Waals surface area contributed by atoms with E-state index in [9.17, 15) is 4.79 Å². The summed E-state index contributed by atoms with van der Waals surface area (Å²) in [6.07, 6.45) is 2.47. The molecule has 6 heteroatoms. The number of fused-ring (bicyclic) bond motifs is 1. The van der Waals surface area contributed by atoms with Gasteiger partial charge in [0.15, 0.2) is 0 Å². The highest BCUT2D eigenvalue weighted by molar-refractivity contribution is 7.19. The fourth-order valence-electron chi connectivity index (χ4n) is 3.28. The van der Waals surface area contributed by atoms with Crippen LogP contribution in [0.25, 0.3) is 10.2 Å². The maximum atomic E-state index is 12.9. The quantitative estimate of drug-likeness (QED) is 0.482.